The van der Waals surface area contributed by atoms with E-state index in [1.54, 1.807) is 6.07 Å². The van der Waals surface area contributed by atoms with Crippen LogP contribution in [0.5, 0.6) is 0 Å². The maximum absolute atomic E-state index is 11.9. The number of benzene rings is 1. The van der Waals surface area contributed by atoms with E-state index in [1.165, 1.54) is 0 Å². The van der Waals surface area contributed by atoms with E-state index in [0.717, 1.165) is 11.1 Å². The van der Waals surface area contributed by atoms with E-state index in [0.29, 0.717) is 11.4 Å². The topological polar surface area (TPSA) is 17.1 Å². The van der Waals surface area contributed by atoms with Crippen LogP contribution in [0.2, 0.25) is 5.02 Å². The highest BCUT2D eigenvalue weighted by Gasteiger charge is 2.18. The van der Waals surface area contributed by atoms with E-state index < -0.39 is 0 Å². The van der Waals surface area contributed by atoms with Crippen LogP contribution in [-0.2, 0) is 0 Å². The highest BCUT2D eigenvalue weighted by atomic mass is 35.5. The van der Waals surface area contributed by atoms with Crippen molar-refractivity contribution >= 4 is 17.4 Å². The van der Waals surface area contributed by atoms with Crippen molar-refractivity contribution in [1.82, 2.24) is 0 Å². The van der Waals surface area contributed by atoms with Gasteiger partial charge in [0.25, 0.3) is 0 Å². The fraction of sp³-hybridized carbons (Fsp3) is 0.462. The standard InChI is InChI=1S/C13H17ClO/c1-9-7-10(14)5-6-11(9)12(15)8-13(2,3)4/h5-7H,8H2,1-4H3. The molecule has 1 rings (SSSR count). The molecule has 0 fully saturated rings. The van der Waals surface area contributed by atoms with Crippen molar-refractivity contribution in [2.75, 3.05) is 0 Å². The lowest BCUT2D eigenvalue weighted by atomic mass is 9.87. The molecular weight excluding hydrogens is 208 g/mol. The molecule has 0 amide bonds. The minimum Gasteiger partial charge on any atom is -0.294 e. The molecule has 0 unspecified atom stereocenters. The zero-order valence-electron chi connectivity index (χ0n) is 9.73. The maximum atomic E-state index is 11.9. The van der Waals surface area contributed by atoms with Crippen LogP contribution in [0.4, 0.5) is 0 Å². The molecule has 0 bridgehead atoms. The van der Waals surface area contributed by atoms with Crippen LogP contribution in [0.15, 0.2) is 18.2 Å². The van der Waals surface area contributed by atoms with E-state index in [1.807, 2.05) is 19.1 Å². The van der Waals surface area contributed by atoms with Gasteiger partial charge in [-0.2, -0.15) is 0 Å². The van der Waals surface area contributed by atoms with Crippen molar-refractivity contribution < 1.29 is 4.79 Å². The van der Waals surface area contributed by atoms with Gasteiger partial charge in [-0.1, -0.05) is 32.4 Å². The second-order valence-corrected chi connectivity index (χ2v) is 5.56. The Hall–Kier alpha value is -0.820. The third kappa shape index (κ3) is 3.67. The van der Waals surface area contributed by atoms with Gasteiger partial charge in [0.1, 0.15) is 0 Å². The average molecular weight is 225 g/mol. The summed E-state index contributed by atoms with van der Waals surface area (Å²) < 4.78 is 0. The fourth-order valence-corrected chi connectivity index (χ4v) is 1.74. The Morgan fingerprint density at radius 3 is 2.40 bits per heavy atom. The monoisotopic (exact) mass is 224 g/mol. The summed E-state index contributed by atoms with van der Waals surface area (Å²) >= 11 is 5.84. The summed E-state index contributed by atoms with van der Waals surface area (Å²) in [4.78, 5) is 11.9. The molecule has 0 aliphatic heterocycles. The summed E-state index contributed by atoms with van der Waals surface area (Å²) in [5.41, 5.74) is 1.77. The lowest BCUT2D eigenvalue weighted by Crippen LogP contribution is -2.13. The van der Waals surface area contributed by atoms with E-state index in [2.05, 4.69) is 20.8 Å². The normalized spacial score (nSPS) is 11.5. The minimum atomic E-state index is 0.0309. The molecule has 0 saturated carbocycles. The molecule has 1 aromatic carbocycles. The van der Waals surface area contributed by atoms with Gasteiger partial charge in [-0.05, 0) is 36.1 Å². The number of Topliss-reactive ketones (excluding diaryl/α,β-unsaturated/α-hetero) is 1. The first-order valence-corrected chi connectivity index (χ1v) is 5.47. The number of hydrogen-bond acceptors (Lipinski definition) is 1. The van der Waals surface area contributed by atoms with Crippen LogP contribution in [0.1, 0.15) is 43.1 Å². The van der Waals surface area contributed by atoms with Crippen LogP contribution in [0.3, 0.4) is 0 Å². The lowest BCUT2D eigenvalue weighted by molar-refractivity contribution is 0.0939. The molecule has 0 aliphatic carbocycles. The van der Waals surface area contributed by atoms with Crippen molar-refractivity contribution in [3.8, 4) is 0 Å². The van der Waals surface area contributed by atoms with Gasteiger partial charge in [-0.25, -0.2) is 0 Å². The summed E-state index contributed by atoms with van der Waals surface area (Å²) in [5.74, 6) is 0.191. The summed E-state index contributed by atoms with van der Waals surface area (Å²) in [6, 6.07) is 5.41. The number of aryl methyl sites for hydroxylation is 1. The Morgan fingerprint density at radius 2 is 1.93 bits per heavy atom. The predicted molar refractivity (Wildman–Crippen MR) is 64.6 cm³/mol. The average Bonchev–Trinajstić information content (AvgIpc) is 1.99. The van der Waals surface area contributed by atoms with Crippen molar-refractivity contribution in [1.29, 1.82) is 0 Å². The van der Waals surface area contributed by atoms with Gasteiger partial charge in [0.2, 0.25) is 0 Å². The van der Waals surface area contributed by atoms with Crippen LogP contribution < -0.4 is 0 Å². The Bertz CT molecular complexity index is 375. The van der Waals surface area contributed by atoms with Gasteiger partial charge in [-0.15, -0.1) is 0 Å². The van der Waals surface area contributed by atoms with Crippen molar-refractivity contribution in [3.05, 3.63) is 34.3 Å². The minimum absolute atomic E-state index is 0.0309. The van der Waals surface area contributed by atoms with Gasteiger partial charge in [-0.3, -0.25) is 4.79 Å². The Morgan fingerprint density at radius 1 is 1.33 bits per heavy atom. The van der Waals surface area contributed by atoms with E-state index in [4.69, 9.17) is 11.6 Å². The molecule has 0 atom stereocenters. The molecule has 1 aromatic rings. The maximum Gasteiger partial charge on any atom is 0.163 e. The summed E-state index contributed by atoms with van der Waals surface area (Å²) in [6.07, 6.45) is 0.565. The molecule has 2 heteroatoms. The smallest absolute Gasteiger partial charge is 0.163 e. The van der Waals surface area contributed by atoms with E-state index >= 15 is 0 Å². The zero-order chi connectivity index (χ0) is 11.6. The number of ketones is 1. The summed E-state index contributed by atoms with van der Waals surface area (Å²) in [7, 11) is 0. The first-order chi connectivity index (χ1) is 6.79. The molecule has 0 spiro atoms. The van der Waals surface area contributed by atoms with Crippen molar-refractivity contribution in [2.24, 2.45) is 5.41 Å². The van der Waals surface area contributed by atoms with Crippen molar-refractivity contribution in [3.63, 3.8) is 0 Å². The Balaban J connectivity index is 2.92. The third-order valence-corrected chi connectivity index (χ3v) is 2.41. The SMILES string of the molecule is Cc1cc(Cl)ccc1C(=O)CC(C)(C)C. The van der Waals surface area contributed by atoms with E-state index in [-0.39, 0.29) is 11.2 Å². The molecule has 0 N–H and O–H groups in total. The van der Waals surface area contributed by atoms with Gasteiger partial charge in [0.05, 0.1) is 0 Å². The van der Waals surface area contributed by atoms with Gasteiger partial charge < -0.3 is 0 Å². The first-order valence-electron chi connectivity index (χ1n) is 5.09. The number of halogens is 1. The number of rotatable bonds is 2. The predicted octanol–water partition coefficient (Wildman–Crippen LogP) is 4.27. The highest BCUT2D eigenvalue weighted by molar-refractivity contribution is 6.30. The van der Waals surface area contributed by atoms with Gasteiger partial charge >= 0.3 is 0 Å². The second kappa shape index (κ2) is 4.36. The molecule has 0 radical (unpaired) electrons. The number of carbonyl (C=O) groups is 1. The molecule has 0 heterocycles. The largest absolute Gasteiger partial charge is 0.294 e. The second-order valence-electron chi connectivity index (χ2n) is 5.12. The number of hydrogen-bond donors (Lipinski definition) is 0. The molecule has 0 aliphatic rings. The van der Waals surface area contributed by atoms with Gasteiger partial charge in [0, 0.05) is 17.0 Å². The van der Waals surface area contributed by atoms with Crippen LogP contribution in [0, 0.1) is 12.3 Å². The number of carbonyl (C=O) groups excluding carboxylic acids is 1. The molecule has 0 saturated heterocycles. The van der Waals surface area contributed by atoms with E-state index in [9.17, 15) is 4.79 Å². The highest BCUT2D eigenvalue weighted by Crippen LogP contribution is 2.24. The Kier molecular flexibility index (Phi) is 3.56. The molecule has 0 aromatic heterocycles. The van der Waals surface area contributed by atoms with Crippen molar-refractivity contribution in [2.45, 2.75) is 34.1 Å². The molecule has 1 nitrogen and oxygen atoms in total. The van der Waals surface area contributed by atoms with Crippen LogP contribution in [0.25, 0.3) is 0 Å². The summed E-state index contributed by atoms with van der Waals surface area (Å²) in [6.45, 7) is 8.12. The van der Waals surface area contributed by atoms with Crippen LogP contribution >= 0.6 is 11.6 Å². The van der Waals surface area contributed by atoms with Gasteiger partial charge in [0.15, 0.2) is 5.78 Å². The lowest BCUT2D eigenvalue weighted by Gasteiger charge is -2.17. The zero-order valence-corrected chi connectivity index (χ0v) is 10.5. The fourth-order valence-electron chi connectivity index (χ4n) is 1.52. The third-order valence-electron chi connectivity index (χ3n) is 2.18. The molecule has 15 heavy (non-hydrogen) atoms. The molecular formula is C13H17ClO. The first kappa shape index (κ1) is 12.3. The summed E-state index contributed by atoms with van der Waals surface area (Å²) in [5, 5.41) is 0.680. The Labute approximate surface area is 96.5 Å². The molecule has 82 valence electrons. The van der Waals surface area contributed by atoms with Crippen LogP contribution in [-0.4, -0.2) is 5.78 Å². The quantitative estimate of drug-likeness (QED) is 0.686.